The van der Waals surface area contributed by atoms with Crippen molar-refractivity contribution in [3.05, 3.63) is 52.8 Å². The molecular formula is C17H23BrN2O3. The Kier molecular flexibility index (Phi) is 8.31. The molecule has 0 radical (unpaired) electrons. The molecule has 1 aromatic carbocycles. The van der Waals surface area contributed by atoms with Crippen LogP contribution in [0, 0.1) is 0 Å². The van der Waals surface area contributed by atoms with Crippen LogP contribution < -0.4 is 0 Å². The fourth-order valence-electron chi connectivity index (χ4n) is 1.95. The highest BCUT2D eigenvalue weighted by atomic mass is 79.9. The van der Waals surface area contributed by atoms with E-state index in [0.29, 0.717) is 33.0 Å². The van der Waals surface area contributed by atoms with Crippen LogP contribution in [0.3, 0.4) is 0 Å². The molecule has 5 nitrogen and oxygen atoms in total. The van der Waals surface area contributed by atoms with Crippen LogP contribution in [0.2, 0.25) is 0 Å². The molecule has 0 fully saturated rings. The topological polar surface area (TPSA) is 45.5 Å². The van der Waals surface area contributed by atoms with Crippen LogP contribution in [0.5, 0.6) is 0 Å². The maximum atomic E-state index is 5.73. The number of benzene rings is 1. The molecule has 126 valence electrons. The third-order valence-corrected chi connectivity index (χ3v) is 3.60. The van der Waals surface area contributed by atoms with Crippen LogP contribution >= 0.6 is 15.9 Å². The molecule has 0 bridgehead atoms. The summed E-state index contributed by atoms with van der Waals surface area (Å²) >= 11 is 3.31. The summed E-state index contributed by atoms with van der Waals surface area (Å²) in [6.45, 7) is 5.71. The first-order valence-corrected chi connectivity index (χ1v) is 8.53. The number of aromatic nitrogens is 2. The van der Waals surface area contributed by atoms with Gasteiger partial charge >= 0.3 is 0 Å². The highest BCUT2D eigenvalue weighted by Gasteiger charge is 2.03. The van der Waals surface area contributed by atoms with E-state index in [4.69, 9.17) is 14.2 Å². The summed E-state index contributed by atoms with van der Waals surface area (Å²) in [5.41, 5.74) is 1.17. The summed E-state index contributed by atoms with van der Waals surface area (Å²) in [4.78, 5) is 0. The molecule has 0 N–H and O–H groups in total. The average molecular weight is 383 g/mol. The fraction of sp³-hybridized carbons (Fsp3) is 0.471. The average Bonchev–Trinajstić information content (AvgIpc) is 2.98. The lowest BCUT2D eigenvalue weighted by atomic mass is 10.2. The second-order valence-electron chi connectivity index (χ2n) is 5.20. The summed E-state index contributed by atoms with van der Waals surface area (Å²) in [6.07, 6.45) is 1.98. The van der Waals surface area contributed by atoms with E-state index in [0.717, 1.165) is 11.1 Å². The number of rotatable bonds is 11. The first-order chi connectivity index (χ1) is 11.2. The Morgan fingerprint density at radius 1 is 1.09 bits per heavy atom. The van der Waals surface area contributed by atoms with Gasteiger partial charge in [-0.1, -0.05) is 30.3 Å². The predicted octanol–water partition coefficient (Wildman–Crippen LogP) is 3.28. The van der Waals surface area contributed by atoms with E-state index in [9.17, 15) is 0 Å². The maximum Gasteiger partial charge on any atom is 0.128 e. The highest BCUT2D eigenvalue weighted by Crippen LogP contribution is 2.04. The highest BCUT2D eigenvalue weighted by molar-refractivity contribution is 9.10. The molecule has 0 saturated heterocycles. The van der Waals surface area contributed by atoms with Crippen molar-refractivity contribution >= 4 is 15.9 Å². The van der Waals surface area contributed by atoms with Crippen molar-refractivity contribution in [1.82, 2.24) is 9.78 Å². The van der Waals surface area contributed by atoms with Crippen molar-refractivity contribution < 1.29 is 14.2 Å². The number of hydrogen-bond donors (Lipinski definition) is 0. The standard InChI is InChI=1S/C17H23BrN2O3/c1-15(23-14-16-5-3-2-4-6-16)13-22-12-11-21-10-9-20-8-7-17(18)19-20/h2-8,15H,9-14H2,1H3/t15-/m1/s1. The lowest BCUT2D eigenvalue weighted by Crippen LogP contribution is -2.18. The number of halogens is 1. The Bertz CT molecular complexity index is 548. The van der Waals surface area contributed by atoms with Gasteiger partial charge in [-0.15, -0.1) is 0 Å². The first-order valence-electron chi connectivity index (χ1n) is 7.74. The molecule has 6 heteroatoms. The third-order valence-electron chi connectivity index (χ3n) is 3.17. The SMILES string of the molecule is C[C@H](COCCOCCn1ccc(Br)n1)OCc1ccccc1. The maximum absolute atomic E-state index is 5.73. The molecule has 0 spiro atoms. The Labute approximate surface area is 145 Å². The van der Waals surface area contributed by atoms with Crippen molar-refractivity contribution in [3.8, 4) is 0 Å². The minimum Gasteiger partial charge on any atom is -0.377 e. The van der Waals surface area contributed by atoms with Gasteiger partial charge < -0.3 is 14.2 Å². The van der Waals surface area contributed by atoms with Gasteiger partial charge in [-0.3, -0.25) is 4.68 Å². The summed E-state index contributed by atoms with van der Waals surface area (Å²) in [7, 11) is 0. The Morgan fingerprint density at radius 3 is 2.61 bits per heavy atom. The molecule has 1 heterocycles. The van der Waals surface area contributed by atoms with Crippen LogP contribution in [0.15, 0.2) is 47.2 Å². The zero-order chi connectivity index (χ0) is 16.3. The van der Waals surface area contributed by atoms with Crippen LogP contribution in [-0.2, 0) is 27.4 Å². The molecule has 0 saturated carbocycles. The fourth-order valence-corrected chi connectivity index (χ4v) is 2.27. The van der Waals surface area contributed by atoms with Crippen LogP contribution in [-0.4, -0.2) is 42.3 Å². The molecule has 2 rings (SSSR count). The smallest absolute Gasteiger partial charge is 0.128 e. The number of nitrogens with zero attached hydrogens (tertiary/aromatic N) is 2. The zero-order valence-electron chi connectivity index (χ0n) is 13.4. The van der Waals surface area contributed by atoms with Crippen molar-refractivity contribution in [2.75, 3.05) is 26.4 Å². The summed E-state index contributed by atoms with van der Waals surface area (Å²) < 4.78 is 19.5. The summed E-state index contributed by atoms with van der Waals surface area (Å²) in [6, 6.07) is 12.0. The third kappa shape index (κ3) is 7.74. The number of hydrogen-bond acceptors (Lipinski definition) is 4. The van der Waals surface area contributed by atoms with Crippen molar-refractivity contribution in [2.24, 2.45) is 0 Å². The van der Waals surface area contributed by atoms with Gasteiger partial charge in [-0.2, -0.15) is 5.10 Å². The molecule has 0 unspecified atom stereocenters. The lowest BCUT2D eigenvalue weighted by molar-refractivity contribution is -0.0301. The first kappa shape index (κ1) is 18.1. The van der Waals surface area contributed by atoms with Gasteiger partial charge in [0.1, 0.15) is 4.60 Å². The molecule has 0 amide bonds. The van der Waals surface area contributed by atoms with E-state index < -0.39 is 0 Å². The van der Waals surface area contributed by atoms with Gasteiger partial charge in [0, 0.05) is 6.20 Å². The van der Waals surface area contributed by atoms with E-state index in [1.165, 1.54) is 5.56 Å². The normalized spacial score (nSPS) is 12.4. The van der Waals surface area contributed by atoms with Crippen LogP contribution in [0.4, 0.5) is 0 Å². The molecule has 23 heavy (non-hydrogen) atoms. The molecule has 0 aliphatic carbocycles. The van der Waals surface area contributed by atoms with E-state index in [-0.39, 0.29) is 6.10 Å². The quantitative estimate of drug-likeness (QED) is 0.559. The Balaban J connectivity index is 1.44. The van der Waals surface area contributed by atoms with Crippen LogP contribution in [0.25, 0.3) is 0 Å². The van der Waals surface area contributed by atoms with Crippen LogP contribution in [0.1, 0.15) is 12.5 Å². The van der Waals surface area contributed by atoms with Gasteiger partial charge in [0.2, 0.25) is 0 Å². The van der Waals surface area contributed by atoms with E-state index in [1.54, 1.807) is 0 Å². The minimum atomic E-state index is 0.0663. The number of ether oxygens (including phenoxy) is 3. The monoisotopic (exact) mass is 382 g/mol. The molecular weight excluding hydrogens is 360 g/mol. The largest absolute Gasteiger partial charge is 0.377 e. The molecule has 1 aromatic heterocycles. The molecule has 0 aliphatic rings. The second kappa shape index (κ2) is 10.5. The minimum absolute atomic E-state index is 0.0663. The van der Waals surface area contributed by atoms with Gasteiger partial charge in [0.05, 0.1) is 45.7 Å². The van der Waals surface area contributed by atoms with Gasteiger partial charge in [0.25, 0.3) is 0 Å². The second-order valence-corrected chi connectivity index (χ2v) is 6.01. The lowest BCUT2D eigenvalue weighted by Gasteiger charge is -2.13. The van der Waals surface area contributed by atoms with E-state index in [2.05, 4.69) is 33.2 Å². The van der Waals surface area contributed by atoms with Gasteiger partial charge in [-0.25, -0.2) is 0 Å². The zero-order valence-corrected chi connectivity index (χ0v) is 14.9. The van der Waals surface area contributed by atoms with Gasteiger partial charge in [0.15, 0.2) is 0 Å². The van der Waals surface area contributed by atoms with Crippen molar-refractivity contribution in [2.45, 2.75) is 26.2 Å². The van der Waals surface area contributed by atoms with Gasteiger partial charge in [-0.05, 0) is 34.5 Å². The Hall–Kier alpha value is -1.21. The molecule has 0 aliphatic heterocycles. The van der Waals surface area contributed by atoms with Crippen molar-refractivity contribution in [1.29, 1.82) is 0 Å². The summed E-state index contributed by atoms with van der Waals surface area (Å²) in [5, 5.41) is 4.22. The molecule has 1 atom stereocenters. The summed E-state index contributed by atoms with van der Waals surface area (Å²) in [5.74, 6) is 0. The van der Waals surface area contributed by atoms with E-state index in [1.807, 2.05) is 42.1 Å². The molecule has 2 aromatic rings. The predicted molar refractivity (Wildman–Crippen MR) is 92.3 cm³/mol. The van der Waals surface area contributed by atoms with Crippen molar-refractivity contribution in [3.63, 3.8) is 0 Å². The Morgan fingerprint density at radius 2 is 1.87 bits per heavy atom. The van der Waals surface area contributed by atoms with E-state index >= 15 is 0 Å².